The van der Waals surface area contributed by atoms with E-state index in [4.69, 9.17) is 4.84 Å². The van der Waals surface area contributed by atoms with Crippen LogP contribution >= 0.6 is 0 Å². The fourth-order valence-electron chi connectivity index (χ4n) is 3.57. The monoisotopic (exact) mass is 408 g/mol. The van der Waals surface area contributed by atoms with Gasteiger partial charge in [-0.05, 0) is 24.3 Å². The van der Waals surface area contributed by atoms with Crippen molar-refractivity contribution < 1.29 is 27.2 Å². The molecule has 2 aromatic rings. The van der Waals surface area contributed by atoms with Crippen LogP contribution in [0.25, 0.3) is 0 Å². The van der Waals surface area contributed by atoms with Crippen LogP contribution in [0, 0.1) is 23.3 Å². The van der Waals surface area contributed by atoms with Gasteiger partial charge in [-0.2, -0.15) is 0 Å². The topological polar surface area (TPSA) is 66.0 Å². The number of hydrogen-bond donors (Lipinski definition) is 2. The maximum absolute atomic E-state index is 14.4. The Morgan fingerprint density at radius 1 is 1.07 bits per heavy atom. The van der Waals surface area contributed by atoms with E-state index in [2.05, 4.69) is 15.8 Å². The summed E-state index contributed by atoms with van der Waals surface area (Å²) < 4.78 is 55.2. The minimum atomic E-state index is -1.04. The highest BCUT2D eigenvalue weighted by Crippen LogP contribution is 2.34. The number of halogens is 4. The Hall–Kier alpha value is -3.30. The lowest BCUT2D eigenvalue weighted by atomic mass is 9.92. The van der Waals surface area contributed by atoms with E-state index in [-0.39, 0.29) is 12.1 Å². The standard InChI is InChI=1S/C19H16F4N4O2/c20-10-1-3-12(4-2-10)24-19(28)25-17-13(9-27-5-6-29-26-18(17)27)16-14(22)7-11(21)8-15(16)23/h1-4,7-8,13,17H,5-6,9H2,(H2,24,25,28)/t13-,17-/m0/s1. The van der Waals surface area contributed by atoms with Crippen molar-refractivity contribution in [3.8, 4) is 0 Å². The van der Waals surface area contributed by atoms with Gasteiger partial charge in [0.15, 0.2) is 5.84 Å². The Morgan fingerprint density at radius 3 is 2.45 bits per heavy atom. The second-order valence-electron chi connectivity index (χ2n) is 6.70. The molecule has 1 fully saturated rings. The molecule has 2 aromatic carbocycles. The number of amides is 2. The van der Waals surface area contributed by atoms with Gasteiger partial charge in [-0.25, -0.2) is 22.4 Å². The normalized spacial score (nSPS) is 20.6. The third-order valence-electron chi connectivity index (χ3n) is 4.84. The van der Waals surface area contributed by atoms with Crippen molar-refractivity contribution in [1.82, 2.24) is 10.2 Å². The van der Waals surface area contributed by atoms with Crippen molar-refractivity contribution in [3.05, 3.63) is 65.2 Å². The molecule has 152 valence electrons. The van der Waals surface area contributed by atoms with E-state index in [1.54, 1.807) is 4.90 Å². The first-order chi connectivity index (χ1) is 13.9. The Morgan fingerprint density at radius 2 is 1.76 bits per heavy atom. The first-order valence-corrected chi connectivity index (χ1v) is 8.84. The molecule has 4 rings (SSSR count). The first kappa shape index (κ1) is 19.0. The largest absolute Gasteiger partial charge is 0.392 e. The van der Waals surface area contributed by atoms with Gasteiger partial charge in [0.05, 0.1) is 6.54 Å². The van der Waals surface area contributed by atoms with Crippen LogP contribution in [0.2, 0.25) is 0 Å². The number of carbonyl (C=O) groups excluding carboxylic acids is 1. The van der Waals surface area contributed by atoms with Gasteiger partial charge in [0.2, 0.25) is 0 Å². The Balaban J connectivity index is 1.61. The Labute approximate surface area is 163 Å². The lowest BCUT2D eigenvalue weighted by Crippen LogP contribution is -2.47. The average Bonchev–Trinajstić information content (AvgIpc) is 3.01. The van der Waals surface area contributed by atoms with Crippen molar-refractivity contribution in [2.45, 2.75) is 12.0 Å². The minimum Gasteiger partial charge on any atom is -0.392 e. The van der Waals surface area contributed by atoms with E-state index in [1.807, 2.05) is 0 Å². The molecule has 2 aliphatic rings. The predicted molar refractivity (Wildman–Crippen MR) is 96.4 cm³/mol. The van der Waals surface area contributed by atoms with Gasteiger partial charge in [0, 0.05) is 35.8 Å². The number of hydrogen-bond acceptors (Lipinski definition) is 4. The molecular formula is C19H16F4N4O2. The summed E-state index contributed by atoms with van der Waals surface area (Å²) in [5, 5.41) is 9.09. The molecule has 0 aliphatic carbocycles. The second-order valence-corrected chi connectivity index (χ2v) is 6.70. The van der Waals surface area contributed by atoms with Crippen molar-refractivity contribution in [3.63, 3.8) is 0 Å². The number of urea groups is 1. The van der Waals surface area contributed by atoms with Crippen LogP contribution in [-0.4, -0.2) is 42.5 Å². The van der Waals surface area contributed by atoms with E-state index in [1.165, 1.54) is 24.3 Å². The number of anilines is 1. The number of fused-ring (bicyclic) bond motifs is 1. The van der Waals surface area contributed by atoms with Gasteiger partial charge in [-0.3, -0.25) is 0 Å². The van der Waals surface area contributed by atoms with Gasteiger partial charge in [-0.1, -0.05) is 5.16 Å². The predicted octanol–water partition coefficient (Wildman–Crippen LogP) is 3.18. The Kier molecular flexibility index (Phi) is 4.99. The summed E-state index contributed by atoms with van der Waals surface area (Å²) in [4.78, 5) is 19.3. The number of benzene rings is 2. The molecule has 0 unspecified atom stereocenters. The van der Waals surface area contributed by atoms with Gasteiger partial charge in [-0.15, -0.1) is 0 Å². The third-order valence-corrected chi connectivity index (χ3v) is 4.84. The molecule has 0 bridgehead atoms. The number of oxime groups is 1. The van der Waals surface area contributed by atoms with E-state index in [0.717, 1.165) is 0 Å². The lowest BCUT2D eigenvalue weighted by molar-refractivity contribution is 0.106. The van der Waals surface area contributed by atoms with Crippen LogP contribution in [0.15, 0.2) is 41.6 Å². The van der Waals surface area contributed by atoms with Crippen LogP contribution in [0.1, 0.15) is 11.5 Å². The molecule has 2 aliphatic heterocycles. The number of carbonyl (C=O) groups is 1. The number of nitrogens with one attached hydrogen (secondary N) is 2. The summed E-state index contributed by atoms with van der Waals surface area (Å²) in [7, 11) is 0. The molecule has 2 atom stereocenters. The molecule has 2 heterocycles. The smallest absolute Gasteiger partial charge is 0.319 e. The van der Waals surface area contributed by atoms with Gasteiger partial charge in [0.1, 0.15) is 35.9 Å². The summed E-state index contributed by atoms with van der Waals surface area (Å²) in [6.07, 6.45) is 0. The summed E-state index contributed by atoms with van der Waals surface area (Å²) in [6.45, 7) is 0.889. The molecule has 29 heavy (non-hydrogen) atoms. The van der Waals surface area contributed by atoms with E-state index < -0.39 is 41.3 Å². The number of rotatable bonds is 3. The van der Waals surface area contributed by atoms with Crippen LogP contribution in [-0.2, 0) is 4.84 Å². The third kappa shape index (κ3) is 3.82. The van der Waals surface area contributed by atoms with Gasteiger partial charge >= 0.3 is 6.03 Å². The van der Waals surface area contributed by atoms with Crippen LogP contribution in [0.4, 0.5) is 28.0 Å². The van der Waals surface area contributed by atoms with E-state index >= 15 is 0 Å². The average molecular weight is 408 g/mol. The minimum absolute atomic E-state index is 0.170. The molecule has 0 spiro atoms. The van der Waals surface area contributed by atoms with Crippen LogP contribution < -0.4 is 10.6 Å². The van der Waals surface area contributed by atoms with Gasteiger partial charge in [0.25, 0.3) is 0 Å². The van der Waals surface area contributed by atoms with Crippen molar-refractivity contribution in [1.29, 1.82) is 0 Å². The molecule has 2 N–H and O–H groups in total. The summed E-state index contributed by atoms with van der Waals surface area (Å²) in [5.74, 6) is -4.11. The molecule has 6 nitrogen and oxygen atoms in total. The van der Waals surface area contributed by atoms with E-state index in [9.17, 15) is 22.4 Å². The molecule has 0 radical (unpaired) electrons. The maximum atomic E-state index is 14.4. The molecule has 10 heteroatoms. The SMILES string of the molecule is O=C(Nc1ccc(F)cc1)N[C@@H]1C2=NOCCN2C[C@H]1c1c(F)cc(F)cc1F. The van der Waals surface area contributed by atoms with Gasteiger partial charge < -0.3 is 20.4 Å². The highest BCUT2D eigenvalue weighted by molar-refractivity contribution is 5.97. The maximum Gasteiger partial charge on any atom is 0.319 e. The fourth-order valence-corrected chi connectivity index (χ4v) is 3.57. The van der Waals surface area contributed by atoms with Crippen molar-refractivity contribution in [2.75, 3.05) is 25.0 Å². The van der Waals surface area contributed by atoms with Crippen molar-refractivity contribution >= 4 is 17.6 Å². The lowest BCUT2D eigenvalue weighted by Gasteiger charge is -2.24. The van der Waals surface area contributed by atoms with Crippen LogP contribution in [0.5, 0.6) is 0 Å². The molecule has 0 aromatic heterocycles. The second kappa shape index (κ2) is 7.61. The van der Waals surface area contributed by atoms with Crippen molar-refractivity contribution in [2.24, 2.45) is 5.16 Å². The van der Waals surface area contributed by atoms with E-state index in [0.29, 0.717) is 36.8 Å². The number of nitrogens with zero attached hydrogens (tertiary/aromatic N) is 2. The molecule has 2 amide bonds. The molecular weight excluding hydrogens is 392 g/mol. The summed E-state index contributed by atoms with van der Waals surface area (Å²) in [5.41, 5.74) is -0.00754. The zero-order valence-corrected chi connectivity index (χ0v) is 15.0. The summed E-state index contributed by atoms with van der Waals surface area (Å²) in [6, 6.07) is 4.71. The zero-order valence-electron chi connectivity index (χ0n) is 15.0. The van der Waals surface area contributed by atoms with Crippen LogP contribution in [0.3, 0.4) is 0 Å². The number of amidine groups is 1. The zero-order chi connectivity index (χ0) is 20.5. The fraction of sp³-hybridized carbons (Fsp3) is 0.263. The Bertz CT molecular complexity index is 944. The first-order valence-electron chi connectivity index (χ1n) is 8.84. The highest BCUT2D eigenvalue weighted by Gasteiger charge is 2.44. The molecule has 1 saturated heterocycles. The quantitative estimate of drug-likeness (QED) is 0.767. The highest BCUT2D eigenvalue weighted by atomic mass is 19.1. The summed E-state index contributed by atoms with van der Waals surface area (Å²) >= 11 is 0. The molecule has 0 saturated carbocycles.